The summed E-state index contributed by atoms with van der Waals surface area (Å²) in [6.07, 6.45) is 28.0. The molecule has 0 saturated heterocycles. The second-order valence-electron chi connectivity index (χ2n) is 4.28. The Kier molecular flexibility index (Phi) is 24.5. The summed E-state index contributed by atoms with van der Waals surface area (Å²) < 4.78 is 0. The Morgan fingerprint density at radius 3 is 0.842 bits per heavy atom. The van der Waals surface area contributed by atoms with E-state index in [1.165, 1.54) is 51.4 Å². The van der Waals surface area contributed by atoms with Gasteiger partial charge in [0.15, 0.2) is 0 Å². The van der Waals surface area contributed by atoms with Crippen LogP contribution in [0.25, 0.3) is 0 Å². The van der Waals surface area contributed by atoms with Crippen LogP contribution in [0.15, 0.2) is 48.6 Å². The van der Waals surface area contributed by atoms with E-state index in [4.69, 9.17) is 0 Å². The summed E-state index contributed by atoms with van der Waals surface area (Å²) in [6, 6.07) is 0. The standard InChI is InChI=1S/2C8H12.2CH3.Ni/c2*1-2-4-6-8-7-5-3-1;;;/h2*1-4H,5-8H2;2*1H3;/q;;2*-1;+2. The second-order valence-corrected chi connectivity index (χ2v) is 4.28. The van der Waals surface area contributed by atoms with Gasteiger partial charge in [-0.15, -0.1) is 0 Å². The van der Waals surface area contributed by atoms with Gasteiger partial charge in [0.05, 0.1) is 0 Å². The van der Waals surface area contributed by atoms with Crippen molar-refractivity contribution in [1.29, 1.82) is 0 Å². The topological polar surface area (TPSA) is 0 Å². The molecule has 0 atom stereocenters. The van der Waals surface area contributed by atoms with Gasteiger partial charge in [0.2, 0.25) is 0 Å². The van der Waals surface area contributed by atoms with Crippen LogP contribution in [0.2, 0.25) is 0 Å². The van der Waals surface area contributed by atoms with Crippen molar-refractivity contribution < 1.29 is 16.5 Å². The third-order valence-corrected chi connectivity index (χ3v) is 2.75. The molecule has 0 aliphatic heterocycles. The molecule has 0 radical (unpaired) electrons. The van der Waals surface area contributed by atoms with E-state index in [0.717, 1.165) is 0 Å². The molecule has 0 aromatic carbocycles. The fourth-order valence-corrected chi connectivity index (χ4v) is 1.75. The zero-order valence-electron chi connectivity index (χ0n) is 12.6. The maximum atomic E-state index is 2.23. The van der Waals surface area contributed by atoms with E-state index in [0.29, 0.717) is 0 Å². The third kappa shape index (κ3) is 17.5. The number of rotatable bonds is 0. The molecule has 0 N–H and O–H groups in total. The molecule has 0 aromatic rings. The molecule has 2 aliphatic carbocycles. The van der Waals surface area contributed by atoms with Crippen molar-refractivity contribution in [2.24, 2.45) is 0 Å². The molecule has 0 heterocycles. The molecule has 1 heteroatoms. The van der Waals surface area contributed by atoms with Gasteiger partial charge in [0.25, 0.3) is 0 Å². The molecule has 0 amide bonds. The van der Waals surface area contributed by atoms with E-state index in [1.807, 2.05) is 0 Å². The molecule has 0 nitrogen and oxygen atoms in total. The van der Waals surface area contributed by atoms with Crippen molar-refractivity contribution in [2.75, 3.05) is 0 Å². The van der Waals surface area contributed by atoms with Crippen molar-refractivity contribution in [2.45, 2.75) is 51.4 Å². The largest absolute Gasteiger partial charge is 2.00 e. The van der Waals surface area contributed by atoms with Crippen molar-refractivity contribution in [3.8, 4) is 0 Å². The van der Waals surface area contributed by atoms with Crippen LogP contribution in [0.5, 0.6) is 0 Å². The Bertz CT molecular complexity index is 203. The van der Waals surface area contributed by atoms with Crippen LogP contribution in [0.3, 0.4) is 0 Å². The van der Waals surface area contributed by atoms with E-state index in [-0.39, 0.29) is 31.3 Å². The van der Waals surface area contributed by atoms with Gasteiger partial charge in [-0.05, 0) is 51.4 Å². The monoisotopic (exact) mass is 304 g/mol. The number of allylic oxidation sites excluding steroid dienone is 8. The van der Waals surface area contributed by atoms with Gasteiger partial charge in [-0.25, -0.2) is 0 Å². The van der Waals surface area contributed by atoms with E-state index in [9.17, 15) is 0 Å². The molecule has 19 heavy (non-hydrogen) atoms. The summed E-state index contributed by atoms with van der Waals surface area (Å²) in [5.41, 5.74) is 0. The SMILES string of the molecule is C1=CCCCCC=C1.C1=CCCCCC=C1.[CH3-].[CH3-].[Ni+2]. The first-order valence-corrected chi connectivity index (χ1v) is 6.63. The van der Waals surface area contributed by atoms with Gasteiger partial charge < -0.3 is 14.9 Å². The number of hydrogen-bond donors (Lipinski definition) is 0. The normalized spacial score (nSPS) is 16.8. The fraction of sp³-hybridized carbons (Fsp3) is 0.444. The summed E-state index contributed by atoms with van der Waals surface area (Å²) >= 11 is 0. The van der Waals surface area contributed by atoms with E-state index in [1.54, 1.807) is 0 Å². The minimum absolute atomic E-state index is 0. The summed E-state index contributed by atoms with van der Waals surface area (Å²) in [5, 5.41) is 0. The maximum absolute atomic E-state index is 2.23. The molecule has 0 bridgehead atoms. The van der Waals surface area contributed by atoms with Gasteiger partial charge >= 0.3 is 16.5 Å². The van der Waals surface area contributed by atoms with Crippen LogP contribution in [0.1, 0.15) is 51.4 Å². The van der Waals surface area contributed by atoms with Crippen LogP contribution in [-0.2, 0) is 16.5 Å². The van der Waals surface area contributed by atoms with Crippen LogP contribution >= 0.6 is 0 Å². The average Bonchev–Trinajstić information content (AvgIpc) is 2.15. The Labute approximate surface area is 131 Å². The third-order valence-electron chi connectivity index (χ3n) is 2.75. The molecule has 0 saturated carbocycles. The van der Waals surface area contributed by atoms with Gasteiger partial charge in [-0.1, -0.05) is 48.6 Å². The fourth-order valence-electron chi connectivity index (χ4n) is 1.75. The van der Waals surface area contributed by atoms with Crippen LogP contribution in [0.4, 0.5) is 0 Å². The Morgan fingerprint density at radius 2 is 0.632 bits per heavy atom. The van der Waals surface area contributed by atoms with Crippen molar-refractivity contribution in [1.82, 2.24) is 0 Å². The van der Waals surface area contributed by atoms with E-state index >= 15 is 0 Å². The predicted octanol–water partition coefficient (Wildman–Crippen LogP) is 6.24. The van der Waals surface area contributed by atoms with E-state index in [2.05, 4.69) is 48.6 Å². The zero-order valence-corrected chi connectivity index (χ0v) is 13.6. The Balaban J connectivity index is -0.000000233. The summed E-state index contributed by atoms with van der Waals surface area (Å²) in [4.78, 5) is 0. The Hall–Kier alpha value is -0.546. The first-order chi connectivity index (χ1) is 8.00. The van der Waals surface area contributed by atoms with Gasteiger partial charge in [-0.2, -0.15) is 0 Å². The summed E-state index contributed by atoms with van der Waals surface area (Å²) in [5.74, 6) is 0. The van der Waals surface area contributed by atoms with Crippen molar-refractivity contribution >= 4 is 0 Å². The van der Waals surface area contributed by atoms with Crippen LogP contribution in [-0.4, -0.2) is 0 Å². The molecule has 0 aromatic heterocycles. The second kappa shape index (κ2) is 19.8. The smallest absolute Gasteiger partial charge is 0.358 e. The molecule has 2 aliphatic rings. The van der Waals surface area contributed by atoms with Gasteiger partial charge in [0, 0.05) is 0 Å². The summed E-state index contributed by atoms with van der Waals surface area (Å²) in [6.45, 7) is 0. The van der Waals surface area contributed by atoms with Gasteiger partial charge in [0.1, 0.15) is 0 Å². The minimum atomic E-state index is 0. The minimum Gasteiger partial charge on any atom is -0.358 e. The number of hydrogen-bond acceptors (Lipinski definition) is 0. The van der Waals surface area contributed by atoms with Crippen LogP contribution in [0, 0.1) is 14.9 Å². The zero-order chi connectivity index (χ0) is 11.3. The predicted molar refractivity (Wildman–Crippen MR) is 86.3 cm³/mol. The first-order valence-electron chi connectivity index (χ1n) is 6.63. The van der Waals surface area contributed by atoms with E-state index < -0.39 is 0 Å². The molecular formula is C18H30Ni. The van der Waals surface area contributed by atoms with Crippen molar-refractivity contribution in [3.05, 3.63) is 63.5 Å². The Morgan fingerprint density at radius 1 is 0.421 bits per heavy atom. The molecular weight excluding hydrogens is 275 g/mol. The summed E-state index contributed by atoms with van der Waals surface area (Å²) in [7, 11) is 0. The van der Waals surface area contributed by atoms with Crippen molar-refractivity contribution in [3.63, 3.8) is 0 Å². The molecule has 0 spiro atoms. The molecule has 2 rings (SSSR count). The average molecular weight is 305 g/mol. The molecule has 0 unspecified atom stereocenters. The first kappa shape index (κ1) is 23.5. The quantitative estimate of drug-likeness (QED) is 0.367. The molecule has 0 fully saturated rings. The molecule has 112 valence electrons. The van der Waals surface area contributed by atoms with Gasteiger partial charge in [-0.3, -0.25) is 0 Å². The maximum Gasteiger partial charge on any atom is 2.00 e. The van der Waals surface area contributed by atoms with Crippen LogP contribution < -0.4 is 0 Å².